The van der Waals surface area contributed by atoms with Gasteiger partial charge in [0.05, 0.1) is 0 Å². The topological polar surface area (TPSA) is 55.8 Å². The summed E-state index contributed by atoms with van der Waals surface area (Å²) in [7, 11) is 0. The molecule has 0 fully saturated rings. The van der Waals surface area contributed by atoms with Crippen molar-refractivity contribution in [3.8, 4) is 23.0 Å². The lowest BCUT2D eigenvalue weighted by Gasteiger charge is -2.11. The molecule has 4 nitrogen and oxygen atoms in total. The van der Waals surface area contributed by atoms with Crippen LogP contribution in [0.4, 0.5) is 0 Å². The highest BCUT2D eigenvalue weighted by Gasteiger charge is 2.09. The molecule has 0 saturated carbocycles. The second-order valence-electron chi connectivity index (χ2n) is 3.61. The number of aromatic hydroxyl groups is 1. The Morgan fingerprint density at radius 3 is 2.11 bits per heavy atom. The summed E-state index contributed by atoms with van der Waals surface area (Å²) in [4.78, 5) is 11.0. The summed E-state index contributed by atoms with van der Waals surface area (Å²) in [6.07, 6.45) is 0. The molecule has 0 aliphatic carbocycles. The molecular weight excluding hydrogens is 232 g/mol. The Kier molecular flexibility index (Phi) is 3.48. The maximum absolute atomic E-state index is 11.0. The summed E-state index contributed by atoms with van der Waals surface area (Å²) in [5.41, 5.74) is 0. The maximum atomic E-state index is 11.0. The van der Waals surface area contributed by atoms with Crippen LogP contribution >= 0.6 is 0 Å². The first-order chi connectivity index (χ1) is 8.66. The van der Waals surface area contributed by atoms with Gasteiger partial charge in [0, 0.05) is 6.92 Å². The van der Waals surface area contributed by atoms with E-state index in [9.17, 15) is 9.90 Å². The highest BCUT2D eigenvalue weighted by molar-refractivity contribution is 5.70. The average Bonchev–Trinajstić information content (AvgIpc) is 2.34. The fourth-order valence-electron chi connectivity index (χ4n) is 1.44. The molecule has 0 aromatic heterocycles. The first kappa shape index (κ1) is 12.0. The molecule has 2 aromatic rings. The van der Waals surface area contributed by atoms with Crippen LogP contribution in [0.3, 0.4) is 0 Å². The summed E-state index contributed by atoms with van der Waals surface area (Å²) in [5.74, 6) is 0.581. The van der Waals surface area contributed by atoms with Gasteiger partial charge in [-0.05, 0) is 24.3 Å². The number of phenolic OH excluding ortho intramolecular Hbond substituents is 1. The van der Waals surface area contributed by atoms with E-state index in [-0.39, 0.29) is 5.75 Å². The van der Waals surface area contributed by atoms with Crippen molar-refractivity contribution < 1.29 is 19.4 Å². The highest BCUT2D eigenvalue weighted by atomic mass is 16.6. The molecule has 0 aliphatic heterocycles. The van der Waals surface area contributed by atoms with Crippen molar-refractivity contribution in [3.05, 3.63) is 48.5 Å². The molecule has 92 valence electrons. The van der Waals surface area contributed by atoms with E-state index in [4.69, 9.17) is 9.47 Å². The van der Waals surface area contributed by atoms with Crippen molar-refractivity contribution in [2.75, 3.05) is 0 Å². The molecule has 0 saturated heterocycles. The van der Waals surface area contributed by atoms with Crippen LogP contribution in [0.5, 0.6) is 23.0 Å². The Balaban J connectivity index is 2.29. The zero-order valence-electron chi connectivity index (χ0n) is 9.79. The van der Waals surface area contributed by atoms with E-state index >= 15 is 0 Å². The third-order valence-electron chi connectivity index (χ3n) is 2.19. The molecule has 0 heterocycles. The number of ether oxygens (including phenoxy) is 2. The summed E-state index contributed by atoms with van der Waals surface area (Å²) in [6.45, 7) is 1.32. The Morgan fingerprint density at radius 2 is 1.50 bits per heavy atom. The summed E-state index contributed by atoms with van der Waals surface area (Å²) in [5, 5.41) is 9.61. The molecule has 4 heteroatoms. The third kappa shape index (κ3) is 2.79. The average molecular weight is 244 g/mol. The SMILES string of the molecule is CC(=O)Oc1ccccc1Oc1ccccc1O. The number of phenols is 1. The molecular formula is C14H12O4. The van der Waals surface area contributed by atoms with Crippen molar-refractivity contribution in [1.82, 2.24) is 0 Å². The zero-order chi connectivity index (χ0) is 13.0. The second kappa shape index (κ2) is 5.23. The molecule has 18 heavy (non-hydrogen) atoms. The van der Waals surface area contributed by atoms with E-state index in [0.29, 0.717) is 17.2 Å². The van der Waals surface area contributed by atoms with Crippen LogP contribution in [0, 0.1) is 0 Å². The van der Waals surface area contributed by atoms with Crippen molar-refractivity contribution >= 4 is 5.97 Å². The first-order valence-electron chi connectivity index (χ1n) is 5.40. The van der Waals surface area contributed by atoms with Crippen molar-refractivity contribution in [2.45, 2.75) is 6.92 Å². The minimum atomic E-state index is -0.427. The summed E-state index contributed by atoms with van der Waals surface area (Å²) >= 11 is 0. The van der Waals surface area contributed by atoms with Crippen LogP contribution in [0.25, 0.3) is 0 Å². The van der Waals surface area contributed by atoms with E-state index < -0.39 is 5.97 Å². The quantitative estimate of drug-likeness (QED) is 0.665. The molecule has 2 rings (SSSR count). The minimum Gasteiger partial charge on any atom is -0.504 e. The van der Waals surface area contributed by atoms with Gasteiger partial charge in [0.25, 0.3) is 0 Å². The lowest BCUT2D eigenvalue weighted by molar-refractivity contribution is -0.131. The third-order valence-corrected chi connectivity index (χ3v) is 2.19. The molecule has 0 aliphatic rings. The lowest BCUT2D eigenvalue weighted by Crippen LogP contribution is -2.02. The minimum absolute atomic E-state index is 0.0233. The van der Waals surface area contributed by atoms with E-state index in [0.717, 1.165) is 0 Å². The number of hydrogen-bond donors (Lipinski definition) is 1. The summed E-state index contributed by atoms with van der Waals surface area (Å²) < 4.78 is 10.5. The fourth-order valence-corrected chi connectivity index (χ4v) is 1.44. The van der Waals surface area contributed by atoms with E-state index in [1.54, 1.807) is 42.5 Å². The van der Waals surface area contributed by atoms with Crippen molar-refractivity contribution in [2.24, 2.45) is 0 Å². The molecule has 0 amide bonds. The normalized spacial score (nSPS) is 9.83. The van der Waals surface area contributed by atoms with Gasteiger partial charge in [-0.2, -0.15) is 0 Å². The molecule has 0 spiro atoms. The summed E-state index contributed by atoms with van der Waals surface area (Å²) in [6, 6.07) is 13.3. The Morgan fingerprint density at radius 1 is 0.944 bits per heavy atom. The number of rotatable bonds is 3. The Labute approximate surface area is 104 Å². The molecule has 2 aromatic carbocycles. The maximum Gasteiger partial charge on any atom is 0.308 e. The smallest absolute Gasteiger partial charge is 0.308 e. The molecule has 0 atom stereocenters. The van der Waals surface area contributed by atoms with Gasteiger partial charge in [-0.3, -0.25) is 4.79 Å². The predicted octanol–water partition coefficient (Wildman–Crippen LogP) is 3.11. The van der Waals surface area contributed by atoms with Gasteiger partial charge in [0.15, 0.2) is 23.0 Å². The van der Waals surface area contributed by atoms with Crippen molar-refractivity contribution in [1.29, 1.82) is 0 Å². The van der Waals surface area contributed by atoms with Gasteiger partial charge in [0.1, 0.15) is 0 Å². The number of para-hydroxylation sites is 4. The Hall–Kier alpha value is -2.49. The van der Waals surface area contributed by atoms with E-state index in [1.807, 2.05) is 0 Å². The van der Waals surface area contributed by atoms with Gasteiger partial charge < -0.3 is 14.6 Å². The van der Waals surface area contributed by atoms with Crippen LogP contribution in [0.2, 0.25) is 0 Å². The zero-order valence-corrected chi connectivity index (χ0v) is 9.79. The van der Waals surface area contributed by atoms with Gasteiger partial charge in [0.2, 0.25) is 0 Å². The van der Waals surface area contributed by atoms with Gasteiger partial charge in [-0.1, -0.05) is 24.3 Å². The van der Waals surface area contributed by atoms with Crippen LogP contribution in [0.15, 0.2) is 48.5 Å². The molecule has 1 N–H and O–H groups in total. The molecule has 0 bridgehead atoms. The van der Waals surface area contributed by atoms with Crippen LogP contribution < -0.4 is 9.47 Å². The van der Waals surface area contributed by atoms with E-state index in [2.05, 4.69) is 0 Å². The first-order valence-corrected chi connectivity index (χ1v) is 5.40. The Bertz CT molecular complexity index is 563. The fraction of sp³-hybridized carbons (Fsp3) is 0.0714. The number of carbonyl (C=O) groups excluding carboxylic acids is 1. The second-order valence-corrected chi connectivity index (χ2v) is 3.61. The number of hydrogen-bond acceptors (Lipinski definition) is 4. The molecule has 0 radical (unpaired) electrons. The molecule has 0 unspecified atom stereocenters. The monoisotopic (exact) mass is 244 g/mol. The van der Waals surface area contributed by atoms with Gasteiger partial charge in [-0.15, -0.1) is 0 Å². The van der Waals surface area contributed by atoms with E-state index in [1.165, 1.54) is 13.0 Å². The standard InChI is InChI=1S/C14H12O4/c1-10(15)17-13-8-4-5-9-14(13)18-12-7-3-2-6-11(12)16/h2-9,16H,1H3. The lowest BCUT2D eigenvalue weighted by atomic mass is 10.3. The number of carbonyl (C=O) groups is 1. The largest absolute Gasteiger partial charge is 0.504 e. The van der Waals surface area contributed by atoms with Crippen LogP contribution in [-0.2, 0) is 4.79 Å². The van der Waals surface area contributed by atoms with Crippen LogP contribution in [-0.4, -0.2) is 11.1 Å². The predicted molar refractivity (Wildman–Crippen MR) is 65.9 cm³/mol. The highest BCUT2D eigenvalue weighted by Crippen LogP contribution is 2.35. The van der Waals surface area contributed by atoms with Gasteiger partial charge in [-0.25, -0.2) is 0 Å². The van der Waals surface area contributed by atoms with Gasteiger partial charge >= 0.3 is 5.97 Å². The number of esters is 1. The number of benzene rings is 2. The van der Waals surface area contributed by atoms with Crippen LogP contribution in [0.1, 0.15) is 6.92 Å². The van der Waals surface area contributed by atoms with Crippen molar-refractivity contribution in [3.63, 3.8) is 0 Å².